The second-order valence-electron chi connectivity index (χ2n) is 8.98. The molecule has 0 spiro atoms. The van der Waals surface area contributed by atoms with Gasteiger partial charge in [-0.15, -0.1) is 0 Å². The Morgan fingerprint density at radius 3 is 2.51 bits per heavy atom. The molecule has 1 atom stereocenters. The van der Waals surface area contributed by atoms with Crippen LogP contribution in [-0.4, -0.2) is 41.0 Å². The molecule has 0 saturated carbocycles. The third-order valence-corrected chi connectivity index (χ3v) is 6.47. The summed E-state index contributed by atoms with van der Waals surface area (Å²) in [4.78, 5) is 24.1. The van der Waals surface area contributed by atoms with Crippen molar-refractivity contribution in [1.82, 2.24) is 14.9 Å². The quantitative estimate of drug-likeness (QED) is 0.370. The van der Waals surface area contributed by atoms with E-state index in [0.717, 1.165) is 48.6 Å². The minimum absolute atomic E-state index is 0.0125. The number of rotatable bonds is 7. The number of carbonyl (C=O) groups excluding carboxylic acids is 1. The number of aromatic nitrogens is 2. The predicted molar refractivity (Wildman–Crippen MR) is 134 cm³/mol. The molecule has 1 amide bonds. The molecule has 4 aromatic rings. The molecule has 178 valence electrons. The van der Waals surface area contributed by atoms with Gasteiger partial charge in [0.1, 0.15) is 11.5 Å². The largest absolute Gasteiger partial charge is 0.497 e. The van der Waals surface area contributed by atoms with Gasteiger partial charge < -0.3 is 14.1 Å². The van der Waals surface area contributed by atoms with Gasteiger partial charge in [-0.1, -0.05) is 42.5 Å². The molecule has 2 aromatic heterocycles. The zero-order valence-corrected chi connectivity index (χ0v) is 19.9. The Hall–Kier alpha value is -3.93. The Kier molecular flexibility index (Phi) is 6.89. The number of pyridine rings is 1. The summed E-state index contributed by atoms with van der Waals surface area (Å²) in [6, 6.07) is 22.0. The van der Waals surface area contributed by atoms with Gasteiger partial charge in [-0.25, -0.2) is 4.98 Å². The number of benzene rings is 2. The van der Waals surface area contributed by atoms with Crippen molar-refractivity contribution in [2.75, 3.05) is 20.2 Å². The van der Waals surface area contributed by atoms with E-state index in [1.807, 2.05) is 59.5 Å². The van der Waals surface area contributed by atoms with Crippen molar-refractivity contribution in [2.24, 2.45) is 0 Å². The van der Waals surface area contributed by atoms with E-state index in [1.54, 1.807) is 19.5 Å². The van der Waals surface area contributed by atoms with E-state index in [1.165, 1.54) is 5.56 Å². The normalized spacial score (nSPS) is 15.7. The number of hydrogen-bond donors (Lipinski definition) is 0. The monoisotopic (exact) mass is 467 g/mol. The van der Waals surface area contributed by atoms with Crippen LogP contribution in [0.2, 0.25) is 0 Å². The zero-order chi connectivity index (χ0) is 24.0. The lowest BCUT2D eigenvalue weighted by Gasteiger charge is -2.31. The molecule has 0 radical (unpaired) electrons. The lowest BCUT2D eigenvalue weighted by molar-refractivity contribution is 0.0697. The molecule has 35 heavy (non-hydrogen) atoms. The third-order valence-electron chi connectivity index (χ3n) is 6.47. The molecule has 6 nitrogen and oxygen atoms in total. The van der Waals surface area contributed by atoms with Crippen molar-refractivity contribution in [1.29, 1.82) is 0 Å². The summed E-state index contributed by atoms with van der Waals surface area (Å²) in [6.45, 7) is 1.34. The van der Waals surface area contributed by atoms with Crippen molar-refractivity contribution in [2.45, 2.75) is 31.6 Å². The van der Waals surface area contributed by atoms with Gasteiger partial charge in [-0.2, -0.15) is 0 Å². The number of hydrogen-bond acceptors (Lipinski definition) is 5. The standard InChI is InChI=1S/C29H29N3O3/c1-34-26-13-9-22(10-14-26)17-27-19-31-28(35-27)24-8-5-15-32(20-24)29(33)23-11-12-25(30-18-23)16-21-6-3-2-4-7-21/h2-4,6-7,9-14,18-19,24H,5,8,15-17,20H2,1H3/t24-/m1/s1. The topological polar surface area (TPSA) is 68.5 Å². The van der Waals surface area contributed by atoms with E-state index in [-0.39, 0.29) is 11.8 Å². The summed E-state index contributed by atoms with van der Waals surface area (Å²) in [5.74, 6) is 2.48. The maximum Gasteiger partial charge on any atom is 0.255 e. The van der Waals surface area contributed by atoms with E-state index < -0.39 is 0 Å². The van der Waals surface area contributed by atoms with E-state index >= 15 is 0 Å². The minimum atomic E-state index is 0.0125. The van der Waals surface area contributed by atoms with Crippen molar-refractivity contribution in [3.8, 4) is 5.75 Å². The van der Waals surface area contributed by atoms with Gasteiger partial charge in [0.2, 0.25) is 0 Å². The van der Waals surface area contributed by atoms with Gasteiger partial charge in [-0.3, -0.25) is 9.78 Å². The molecule has 2 aromatic carbocycles. The first-order valence-corrected chi connectivity index (χ1v) is 12.0. The molecule has 1 aliphatic heterocycles. The summed E-state index contributed by atoms with van der Waals surface area (Å²) in [7, 11) is 1.66. The predicted octanol–water partition coefficient (Wildman–Crippen LogP) is 5.28. The Bertz CT molecular complexity index is 1250. The van der Waals surface area contributed by atoms with Crippen LogP contribution in [0.4, 0.5) is 0 Å². The van der Waals surface area contributed by atoms with Crippen LogP contribution in [-0.2, 0) is 12.8 Å². The van der Waals surface area contributed by atoms with Crippen molar-refractivity contribution in [3.05, 3.63) is 113 Å². The highest BCUT2D eigenvalue weighted by Gasteiger charge is 2.28. The Labute approximate surface area is 205 Å². The first-order chi connectivity index (χ1) is 17.2. The smallest absolute Gasteiger partial charge is 0.255 e. The van der Waals surface area contributed by atoms with Crippen LogP contribution in [0.5, 0.6) is 5.75 Å². The second-order valence-corrected chi connectivity index (χ2v) is 8.98. The summed E-state index contributed by atoms with van der Waals surface area (Å²) < 4.78 is 11.3. The second kappa shape index (κ2) is 10.6. The number of amides is 1. The molecular formula is C29H29N3O3. The maximum absolute atomic E-state index is 13.2. The van der Waals surface area contributed by atoms with Gasteiger partial charge >= 0.3 is 0 Å². The molecule has 0 unspecified atom stereocenters. The molecule has 1 fully saturated rings. The molecule has 0 N–H and O–H groups in total. The van der Waals surface area contributed by atoms with Crippen LogP contribution in [0.1, 0.15) is 57.6 Å². The van der Waals surface area contributed by atoms with Crippen LogP contribution < -0.4 is 4.74 Å². The third kappa shape index (κ3) is 5.60. The summed E-state index contributed by atoms with van der Waals surface area (Å²) in [5.41, 5.74) is 3.91. The van der Waals surface area contributed by atoms with E-state index in [0.29, 0.717) is 24.4 Å². The Morgan fingerprint density at radius 1 is 0.971 bits per heavy atom. The van der Waals surface area contributed by atoms with Crippen LogP contribution in [0.25, 0.3) is 0 Å². The number of likely N-dealkylation sites (tertiary alicyclic amines) is 1. The Morgan fingerprint density at radius 2 is 1.77 bits per heavy atom. The zero-order valence-electron chi connectivity index (χ0n) is 19.9. The van der Waals surface area contributed by atoms with Crippen LogP contribution in [0.15, 0.2) is 83.5 Å². The molecule has 6 heteroatoms. The van der Waals surface area contributed by atoms with Gasteiger partial charge in [0.25, 0.3) is 5.91 Å². The van der Waals surface area contributed by atoms with Gasteiger partial charge in [0, 0.05) is 37.8 Å². The van der Waals surface area contributed by atoms with E-state index in [4.69, 9.17) is 9.15 Å². The van der Waals surface area contributed by atoms with Crippen LogP contribution in [0.3, 0.4) is 0 Å². The van der Waals surface area contributed by atoms with Gasteiger partial charge in [0.05, 0.1) is 24.8 Å². The first-order valence-electron chi connectivity index (χ1n) is 12.0. The molecule has 5 rings (SSSR count). The fourth-order valence-corrected chi connectivity index (χ4v) is 4.54. The summed E-state index contributed by atoms with van der Waals surface area (Å²) in [6.07, 6.45) is 6.81. The molecule has 3 heterocycles. The maximum atomic E-state index is 13.2. The molecule has 1 aliphatic rings. The number of carbonyl (C=O) groups is 1. The first kappa shape index (κ1) is 22.8. The average Bonchev–Trinajstić information content (AvgIpc) is 3.38. The van der Waals surface area contributed by atoms with E-state index in [2.05, 4.69) is 22.1 Å². The summed E-state index contributed by atoms with van der Waals surface area (Å²) in [5, 5.41) is 0. The molecule has 0 bridgehead atoms. The van der Waals surface area contributed by atoms with Crippen LogP contribution in [0, 0.1) is 0 Å². The van der Waals surface area contributed by atoms with Crippen molar-refractivity contribution < 1.29 is 13.9 Å². The number of nitrogens with zero attached hydrogens (tertiary/aromatic N) is 3. The number of ether oxygens (including phenoxy) is 1. The SMILES string of the molecule is COc1ccc(Cc2cnc([C@@H]3CCCN(C(=O)c4ccc(Cc5ccccc5)nc4)C3)o2)cc1. The average molecular weight is 468 g/mol. The van der Waals surface area contributed by atoms with Crippen molar-refractivity contribution >= 4 is 5.91 Å². The van der Waals surface area contributed by atoms with E-state index in [9.17, 15) is 4.79 Å². The van der Waals surface area contributed by atoms with Crippen LogP contribution >= 0.6 is 0 Å². The molecule has 0 aliphatic carbocycles. The van der Waals surface area contributed by atoms with Gasteiger partial charge in [-0.05, 0) is 48.2 Å². The highest BCUT2D eigenvalue weighted by Crippen LogP contribution is 2.28. The lowest BCUT2D eigenvalue weighted by Crippen LogP contribution is -2.39. The number of piperidine rings is 1. The lowest BCUT2D eigenvalue weighted by atomic mass is 9.97. The number of methoxy groups -OCH3 is 1. The molecular weight excluding hydrogens is 438 g/mol. The fraction of sp³-hybridized carbons (Fsp3) is 0.276. The Balaban J connectivity index is 1.20. The highest BCUT2D eigenvalue weighted by molar-refractivity contribution is 5.94. The van der Waals surface area contributed by atoms with Gasteiger partial charge in [0.15, 0.2) is 5.89 Å². The highest BCUT2D eigenvalue weighted by atomic mass is 16.5. The molecule has 1 saturated heterocycles. The van der Waals surface area contributed by atoms with Crippen molar-refractivity contribution in [3.63, 3.8) is 0 Å². The number of oxazole rings is 1. The minimum Gasteiger partial charge on any atom is -0.497 e. The summed E-state index contributed by atoms with van der Waals surface area (Å²) >= 11 is 0. The fourth-order valence-electron chi connectivity index (χ4n) is 4.54.